The van der Waals surface area contributed by atoms with E-state index < -0.39 is 23.6 Å². The molecule has 0 atom stereocenters. The monoisotopic (exact) mass is 341 g/mol. The van der Waals surface area contributed by atoms with Gasteiger partial charge in [-0.25, -0.2) is 0 Å². The van der Waals surface area contributed by atoms with Crippen LogP contribution in [-0.4, -0.2) is 23.5 Å². The van der Waals surface area contributed by atoms with Gasteiger partial charge in [0.1, 0.15) is 11.6 Å². The molecule has 0 fully saturated rings. The van der Waals surface area contributed by atoms with Gasteiger partial charge in [-0.1, -0.05) is 0 Å². The predicted molar refractivity (Wildman–Crippen MR) is 78.6 cm³/mol. The first kappa shape index (κ1) is 19.0. The number of alkyl halides is 3. The minimum atomic E-state index is -4.44. The van der Waals surface area contributed by atoms with Gasteiger partial charge in [-0.2, -0.15) is 18.4 Å². The molecule has 0 bridgehead atoms. The van der Waals surface area contributed by atoms with Crippen molar-refractivity contribution in [2.45, 2.75) is 19.0 Å². The summed E-state index contributed by atoms with van der Waals surface area (Å²) in [5, 5.41) is 22.3. The molecule has 0 saturated heterocycles. The number of carbonyl (C=O) groups is 2. The third-order valence-electron chi connectivity index (χ3n) is 2.81. The number of carboxylic acid groups (broad SMARTS) is 1. The van der Waals surface area contributed by atoms with Crippen LogP contribution in [0.2, 0.25) is 0 Å². The van der Waals surface area contributed by atoms with E-state index in [9.17, 15) is 22.8 Å². The number of nitriles is 1. The number of nitrogens with one attached hydrogen (secondary N) is 2. The number of nitrogens with zero attached hydrogens (tertiary/aromatic N) is 1. The summed E-state index contributed by atoms with van der Waals surface area (Å²) in [5.74, 6) is -1.70. The smallest absolute Gasteiger partial charge is 0.416 e. The minimum absolute atomic E-state index is 0.0877. The fourth-order valence-corrected chi connectivity index (χ4v) is 1.60. The largest absolute Gasteiger partial charge is 0.481 e. The second-order valence-electron chi connectivity index (χ2n) is 4.64. The van der Waals surface area contributed by atoms with Gasteiger partial charge in [-0.3, -0.25) is 9.59 Å². The van der Waals surface area contributed by atoms with E-state index in [0.29, 0.717) is 0 Å². The maximum absolute atomic E-state index is 12.4. The highest BCUT2D eigenvalue weighted by atomic mass is 19.4. The molecule has 0 spiro atoms. The van der Waals surface area contributed by atoms with Crippen LogP contribution in [0.15, 0.2) is 36.0 Å². The van der Waals surface area contributed by atoms with Crippen LogP contribution in [0.4, 0.5) is 18.9 Å². The molecular weight excluding hydrogens is 327 g/mol. The zero-order valence-corrected chi connectivity index (χ0v) is 12.4. The van der Waals surface area contributed by atoms with Gasteiger partial charge in [0, 0.05) is 24.9 Å². The molecule has 24 heavy (non-hydrogen) atoms. The highest BCUT2D eigenvalue weighted by Crippen LogP contribution is 2.29. The Bertz CT molecular complexity index is 661. The van der Waals surface area contributed by atoms with Crippen molar-refractivity contribution in [2.24, 2.45) is 0 Å². The number of benzene rings is 1. The van der Waals surface area contributed by atoms with Crippen LogP contribution in [-0.2, 0) is 15.8 Å². The lowest BCUT2D eigenvalue weighted by Crippen LogP contribution is -2.26. The van der Waals surface area contributed by atoms with Crippen LogP contribution in [0.3, 0.4) is 0 Å². The lowest BCUT2D eigenvalue weighted by Gasteiger charge is -2.08. The number of amides is 1. The molecule has 0 saturated carbocycles. The van der Waals surface area contributed by atoms with Gasteiger partial charge in [0.15, 0.2) is 0 Å². The average molecular weight is 341 g/mol. The summed E-state index contributed by atoms with van der Waals surface area (Å²) in [7, 11) is 0. The topological polar surface area (TPSA) is 102 Å². The number of carboxylic acids is 1. The number of halogens is 3. The zero-order valence-electron chi connectivity index (χ0n) is 12.4. The first-order valence-electron chi connectivity index (χ1n) is 6.78. The second kappa shape index (κ2) is 8.57. The van der Waals surface area contributed by atoms with Gasteiger partial charge >= 0.3 is 12.1 Å². The normalized spacial score (nSPS) is 11.5. The van der Waals surface area contributed by atoms with Crippen LogP contribution in [0.5, 0.6) is 0 Å². The van der Waals surface area contributed by atoms with Gasteiger partial charge in [-0.15, -0.1) is 0 Å². The molecule has 128 valence electrons. The first-order valence-corrected chi connectivity index (χ1v) is 6.78. The highest BCUT2D eigenvalue weighted by Gasteiger charge is 2.29. The molecule has 1 aromatic rings. The summed E-state index contributed by atoms with van der Waals surface area (Å²) in [4.78, 5) is 22.0. The maximum Gasteiger partial charge on any atom is 0.416 e. The molecule has 1 amide bonds. The van der Waals surface area contributed by atoms with Crippen molar-refractivity contribution in [3.8, 4) is 6.07 Å². The molecule has 3 N–H and O–H groups in total. The maximum atomic E-state index is 12.4. The van der Waals surface area contributed by atoms with E-state index in [1.165, 1.54) is 12.1 Å². The van der Waals surface area contributed by atoms with Crippen LogP contribution in [0, 0.1) is 11.3 Å². The average Bonchev–Trinajstić information content (AvgIpc) is 2.51. The van der Waals surface area contributed by atoms with E-state index in [1.807, 2.05) is 0 Å². The molecule has 0 aliphatic rings. The quantitative estimate of drug-likeness (QED) is 0.402. The van der Waals surface area contributed by atoms with Crippen molar-refractivity contribution in [3.05, 3.63) is 41.6 Å². The SMILES string of the molecule is N#C/C(=C/Nc1ccc(C(F)(F)F)cc1)C(=O)NCCCC(=O)O. The Kier molecular flexibility index (Phi) is 6.79. The molecule has 0 aliphatic carbocycles. The van der Waals surface area contributed by atoms with Crippen LogP contribution in [0.1, 0.15) is 18.4 Å². The van der Waals surface area contributed by atoms with Crippen molar-refractivity contribution in [1.82, 2.24) is 5.32 Å². The van der Waals surface area contributed by atoms with Crippen molar-refractivity contribution in [3.63, 3.8) is 0 Å². The molecule has 0 aliphatic heterocycles. The fraction of sp³-hybridized carbons (Fsp3) is 0.267. The summed E-state index contributed by atoms with van der Waals surface area (Å²) in [6.45, 7) is 0.0877. The molecule has 1 aromatic carbocycles. The number of hydrogen-bond donors (Lipinski definition) is 3. The van der Waals surface area contributed by atoms with Gasteiger partial charge in [0.25, 0.3) is 5.91 Å². The lowest BCUT2D eigenvalue weighted by molar-refractivity contribution is -0.138. The van der Waals surface area contributed by atoms with E-state index in [-0.39, 0.29) is 30.6 Å². The third kappa shape index (κ3) is 6.39. The Morgan fingerprint density at radius 3 is 2.38 bits per heavy atom. The van der Waals surface area contributed by atoms with Crippen molar-refractivity contribution >= 4 is 17.6 Å². The Labute approximate surface area is 135 Å². The van der Waals surface area contributed by atoms with Gasteiger partial charge < -0.3 is 15.7 Å². The van der Waals surface area contributed by atoms with Crippen LogP contribution >= 0.6 is 0 Å². The third-order valence-corrected chi connectivity index (χ3v) is 2.81. The van der Waals surface area contributed by atoms with E-state index in [0.717, 1.165) is 18.3 Å². The number of rotatable bonds is 7. The van der Waals surface area contributed by atoms with E-state index in [4.69, 9.17) is 10.4 Å². The van der Waals surface area contributed by atoms with Gasteiger partial charge in [0.05, 0.1) is 5.56 Å². The van der Waals surface area contributed by atoms with Crippen molar-refractivity contribution < 1.29 is 27.9 Å². The Balaban J connectivity index is 2.61. The van der Waals surface area contributed by atoms with E-state index in [1.54, 1.807) is 6.07 Å². The summed E-state index contributed by atoms with van der Waals surface area (Å²) < 4.78 is 37.3. The minimum Gasteiger partial charge on any atom is -0.481 e. The summed E-state index contributed by atoms with van der Waals surface area (Å²) in [6.07, 6.45) is -3.28. The Morgan fingerprint density at radius 1 is 1.25 bits per heavy atom. The highest BCUT2D eigenvalue weighted by molar-refractivity contribution is 5.97. The molecule has 6 nitrogen and oxygen atoms in total. The molecule has 9 heteroatoms. The molecule has 0 unspecified atom stereocenters. The molecule has 0 aromatic heterocycles. The molecular formula is C15H14F3N3O3. The van der Waals surface area contributed by atoms with Gasteiger partial charge in [-0.05, 0) is 30.7 Å². The molecule has 0 radical (unpaired) electrons. The summed E-state index contributed by atoms with van der Waals surface area (Å²) in [6, 6.07) is 5.72. The predicted octanol–water partition coefficient (Wildman–Crippen LogP) is 2.51. The number of hydrogen-bond acceptors (Lipinski definition) is 4. The summed E-state index contributed by atoms with van der Waals surface area (Å²) in [5.41, 5.74) is -0.826. The van der Waals surface area contributed by atoms with Crippen molar-refractivity contribution in [1.29, 1.82) is 5.26 Å². The zero-order chi connectivity index (χ0) is 18.2. The van der Waals surface area contributed by atoms with Crippen LogP contribution in [0.25, 0.3) is 0 Å². The first-order chi connectivity index (χ1) is 11.2. The number of aliphatic carboxylic acids is 1. The molecule has 0 heterocycles. The van der Waals surface area contributed by atoms with Gasteiger partial charge in [0.2, 0.25) is 0 Å². The Morgan fingerprint density at radius 2 is 1.88 bits per heavy atom. The fourth-order valence-electron chi connectivity index (χ4n) is 1.60. The van der Waals surface area contributed by atoms with E-state index >= 15 is 0 Å². The lowest BCUT2D eigenvalue weighted by atomic mass is 10.2. The number of carbonyl (C=O) groups excluding carboxylic acids is 1. The second-order valence-corrected chi connectivity index (χ2v) is 4.64. The summed E-state index contributed by atoms with van der Waals surface area (Å²) >= 11 is 0. The standard InChI is InChI=1S/C15H14F3N3O3/c16-15(17,18)11-3-5-12(6-4-11)21-9-10(8-19)14(24)20-7-1-2-13(22)23/h3-6,9,21H,1-2,7H2,(H,20,24)(H,22,23)/b10-9-. The van der Waals surface area contributed by atoms with Crippen LogP contribution < -0.4 is 10.6 Å². The van der Waals surface area contributed by atoms with Crippen molar-refractivity contribution in [2.75, 3.05) is 11.9 Å². The Hall–Kier alpha value is -3.02. The van der Waals surface area contributed by atoms with E-state index in [2.05, 4.69) is 10.6 Å². The molecule has 1 rings (SSSR count). The number of anilines is 1.